The Balaban J connectivity index is 2.42. The summed E-state index contributed by atoms with van der Waals surface area (Å²) in [5, 5.41) is 3.80. The second-order valence-electron chi connectivity index (χ2n) is 4.59. The summed E-state index contributed by atoms with van der Waals surface area (Å²) in [6.07, 6.45) is 0. The molecule has 20 heavy (non-hydrogen) atoms. The molecule has 1 atom stereocenters. The first-order chi connectivity index (χ1) is 9.39. The zero-order valence-corrected chi connectivity index (χ0v) is 14.1. The van der Waals surface area contributed by atoms with Gasteiger partial charge in [-0.25, -0.2) is 8.42 Å². The number of nitrogens with two attached hydrogens (primary N) is 1. The molecule has 0 aliphatic rings. The number of aryl methyl sites for hydroxylation is 1. The molecule has 0 bridgehead atoms. The first-order valence-corrected chi connectivity index (χ1v) is 9.38. The third-order valence-corrected chi connectivity index (χ3v) is 7.77. The maximum atomic E-state index is 12.8. The Kier molecular flexibility index (Phi) is 4.66. The summed E-state index contributed by atoms with van der Waals surface area (Å²) < 4.78 is 27.0. The highest BCUT2D eigenvalue weighted by molar-refractivity contribution is 7.89. The van der Waals surface area contributed by atoms with E-state index in [1.807, 2.05) is 36.7 Å². The molecular weight excluding hydrogens is 312 g/mol. The summed E-state index contributed by atoms with van der Waals surface area (Å²) in [4.78, 5) is 2.11. The van der Waals surface area contributed by atoms with Gasteiger partial charge >= 0.3 is 0 Å². The number of nitrogens with zero attached hydrogens (tertiary/aromatic N) is 1. The van der Waals surface area contributed by atoms with Crippen LogP contribution in [0.25, 0.3) is 0 Å². The molecule has 0 radical (unpaired) electrons. The molecule has 0 spiro atoms. The number of hydrogen-bond donors (Lipinski definition) is 1. The second kappa shape index (κ2) is 5.95. The van der Waals surface area contributed by atoms with Crippen LogP contribution >= 0.6 is 22.7 Å². The molecule has 0 fully saturated rings. The number of sulfonamides is 1. The lowest BCUT2D eigenvalue weighted by Crippen LogP contribution is -2.30. The first kappa shape index (κ1) is 15.7. The lowest BCUT2D eigenvalue weighted by molar-refractivity contribution is 0.402. The van der Waals surface area contributed by atoms with Crippen LogP contribution in [0.1, 0.15) is 28.3 Å². The third kappa shape index (κ3) is 2.68. The van der Waals surface area contributed by atoms with Gasteiger partial charge < -0.3 is 5.73 Å². The fourth-order valence-electron chi connectivity index (χ4n) is 2.03. The lowest BCUT2D eigenvalue weighted by Gasteiger charge is -2.24. The quantitative estimate of drug-likeness (QED) is 0.917. The lowest BCUT2D eigenvalue weighted by atomic mass is 10.3. The molecule has 2 aromatic heterocycles. The van der Waals surface area contributed by atoms with Crippen LogP contribution in [-0.4, -0.2) is 19.8 Å². The summed E-state index contributed by atoms with van der Waals surface area (Å²) in [5.74, 6) is 0. The van der Waals surface area contributed by atoms with Crippen LogP contribution in [0.3, 0.4) is 0 Å². The van der Waals surface area contributed by atoms with Crippen LogP contribution in [0.4, 0.5) is 0 Å². The molecule has 2 aromatic rings. The Labute approximate surface area is 127 Å². The van der Waals surface area contributed by atoms with Crippen molar-refractivity contribution in [1.82, 2.24) is 4.31 Å². The van der Waals surface area contributed by atoms with E-state index in [1.54, 1.807) is 18.4 Å². The molecule has 1 unspecified atom stereocenters. The van der Waals surface area contributed by atoms with Crippen molar-refractivity contribution in [2.24, 2.45) is 5.73 Å². The Morgan fingerprint density at radius 1 is 1.40 bits per heavy atom. The predicted molar refractivity (Wildman–Crippen MR) is 84.6 cm³/mol. The Morgan fingerprint density at radius 3 is 2.65 bits per heavy atom. The largest absolute Gasteiger partial charge is 0.326 e. The van der Waals surface area contributed by atoms with Gasteiger partial charge in [-0.05, 0) is 36.2 Å². The molecule has 0 saturated carbocycles. The fourth-order valence-corrected chi connectivity index (χ4v) is 5.92. The standard InChI is InChI=1S/C13H18N2O2S3/c1-9-8-19-12(7-14)13(9)20(16,17)15(3)10(2)11-5-4-6-18-11/h4-6,8,10H,7,14H2,1-3H3. The molecular formula is C13H18N2O2S3. The molecule has 4 nitrogen and oxygen atoms in total. The molecule has 0 aliphatic carbocycles. The fraction of sp³-hybridized carbons (Fsp3) is 0.385. The average molecular weight is 331 g/mol. The molecule has 0 aliphatic heterocycles. The second-order valence-corrected chi connectivity index (χ2v) is 8.47. The van der Waals surface area contributed by atoms with Crippen molar-refractivity contribution in [3.05, 3.63) is 38.2 Å². The van der Waals surface area contributed by atoms with Crippen molar-refractivity contribution in [1.29, 1.82) is 0 Å². The van der Waals surface area contributed by atoms with Crippen molar-refractivity contribution >= 4 is 32.7 Å². The maximum Gasteiger partial charge on any atom is 0.244 e. The Hall–Kier alpha value is -0.730. The van der Waals surface area contributed by atoms with E-state index in [1.165, 1.54) is 15.6 Å². The number of rotatable bonds is 5. The van der Waals surface area contributed by atoms with Crippen LogP contribution in [0, 0.1) is 6.92 Å². The minimum Gasteiger partial charge on any atom is -0.326 e. The van der Waals surface area contributed by atoms with Crippen molar-refractivity contribution in [3.63, 3.8) is 0 Å². The normalized spacial score (nSPS) is 13.8. The zero-order valence-electron chi connectivity index (χ0n) is 11.7. The molecule has 0 amide bonds. The van der Waals surface area contributed by atoms with E-state index in [0.717, 1.165) is 10.4 Å². The summed E-state index contributed by atoms with van der Waals surface area (Å²) in [6.45, 7) is 3.95. The first-order valence-electron chi connectivity index (χ1n) is 6.18. The van der Waals surface area contributed by atoms with Crippen LogP contribution < -0.4 is 5.73 Å². The minimum atomic E-state index is -3.52. The van der Waals surface area contributed by atoms with Gasteiger partial charge in [0.2, 0.25) is 10.0 Å². The van der Waals surface area contributed by atoms with Gasteiger partial charge in [0.15, 0.2) is 0 Å². The molecule has 2 N–H and O–H groups in total. The topological polar surface area (TPSA) is 63.4 Å². The van der Waals surface area contributed by atoms with Crippen LogP contribution in [0.15, 0.2) is 27.8 Å². The van der Waals surface area contributed by atoms with Gasteiger partial charge in [-0.3, -0.25) is 0 Å². The molecule has 110 valence electrons. The van der Waals surface area contributed by atoms with Crippen molar-refractivity contribution in [3.8, 4) is 0 Å². The Bertz CT molecular complexity index is 675. The molecule has 0 aromatic carbocycles. The smallest absolute Gasteiger partial charge is 0.244 e. The van der Waals surface area contributed by atoms with Crippen molar-refractivity contribution in [2.75, 3.05) is 7.05 Å². The van der Waals surface area contributed by atoms with E-state index in [4.69, 9.17) is 5.73 Å². The SMILES string of the molecule is Cc1csc(CN)c1S(=O)(=O)N(C)C(C)c1cccs1. The highest BCUT2D eigenvalue weighted by Crippen LogP contribution is 2.33. The maximum absolute atomic E-state index is 12.8. The monoisotopic (exact) mass is 330 g/mol. The predicted octanol–water partition coefficient (Wildman–Crippen LogP) is 2.96. The summed E-state index contributed by atoms with van der Waals surface area (Å²) in [5.41, 5.74) is 6.43. The van der Waals surface area contributed by atoms with Crippen molar-refractivity contribution in [2.45, 2.75) is 31.3 Å². The van der Waals surface area contributed by atoms with Gasteiger partial charge in [-0.2, -0.15) is 4.31 Å². The van der Waals surface area contributed by atoms with E-state index in [2.05, 4.69) is 0 Å². The van der Waals surface area contributed by atoms with Gasteiger partial charge in [-0.15, -0.1) is 22.7 Å². The van der Waals surface area contributed by atoms with E-state index in [-0.39, 0.29) is 12.6 Å². The Morgan fingerprint density at radius 2 is 2.10 bits per heavy atom. The zero-order chi connectivity index (χ0) is 14.9. The number of thiophene rings is 2. The van der Waals surface area contributed by atoms with E-state index >= 15 is 0 Å². The molecule has 2 heterocycles. The third-order valence-electron chi connectivity index (χ3n) is 3.31. The van der Waals surface area contributed by atoms with Gasteiger partial charge in [0, 0.05) is 23.3 Å². The van der Waals surface area contributed by atoms with E-state index in [9.17, 15) is 8.42 Å². The van der Waals surface area contributed by atoms with Gasteiger partial charge in [0.05, 0.1) is 6.04 Å². The highest BCUT2D eigenvalue weighted by atomic mass is 32.2. The highest BCUT2D eigenvalue weighted by Gasteiger charge is 2.30. The van der Waals surface area contributed by atoms with Crippen LogP contribution in [0.2, 0.25) is 0 Å². The van der Waals surface area contributed by atoms with Gasteiger partial charge in [0.25, 0.3) is 0 Å². The number of hydrogen-bond acceptors (Lipinski definition) is 5. The van der Waals surface area contributed by atoms with Crippen molar-refractivity contribution < 1.29 is 8.42 Å². The molecule has 7 heteroatoms. The summed E-state index contributed by atoms with van der Waals surface area (Å²) in [7, 11) is -1.90. The van der Waals surface area contributed by atoms with Gasteiger partial charge in [-0.1, -0.05) is 6.07 Å². The van der Waals surface area contributed by atoms with Crippen LogP contribution in [-0.2, 0) is 16.6 Å². The van der Waals surface area contributed by atoms with Gasteiger partial charge in [0.1, 0.15) is 4.90 Å². The summed E-state index contributed by atoms with van der Waals surface area (Å²) >= 11 is 2.96. The minimum absolute atomic E-state index is 0.190. The average Bonchev–Trinajstić information content (AvgIpc) is 3.05. The summed E-state index contributed by atoms with van der Waals surface area (Å²) in [6, 6.07) is 3.69. The van der Waals surface area contributed by atoms with E-state index in [0.29, 0.717) is 9.77 Å². The van der Waals surface area contributed by atoms with Crippen LogP contribution in [0.5, 0.6) is 0 Å². The van der Waals surface area contributed by atoms with E-state index < -0.39 is 10.0 Å². The molecule has 2 rings (SSSR count). The molecule has 0 saturated heterocycles.